The summed E-state index contributed by atoms with van der Waals surface area (Å²) in [4.78, 5) is 58.9. The van der Waals surface area contributed by atoms with Crippen LogP contribution in [0, 0.1) is 28.6 Å². The van der Waals surface area contributed by atoms with E-state index in [0.29, 0.717) is 25.3 Å². The molecule has 4 heterocycles. The Hall–Kier alpha value is -6.01. The molecule has 3 amide bonds. The summed E-state index contributed by atoms with van der Waals surface area (Å²) in [6.45, 7) is 4.78. The lowest BCUT2D eigenvalue weighted by Gasteiger charge is -2.30. The van der Waals surface area contributed by atoms with E-state index >= 15 is 0 Å². The van der Waals surface area contributed by atoms with Crippen LogP contribution in [0.1, 0.15) is 76.1 Å². The molecule has 2 aromatic heterocycles. The number of ether oxygens (including phenoxy) is 1. The zero-order valence-corrected chi connectivity index (χ0v) is 35.1. The van der Waals surface area contributed by atoms with E-state index in [1.807, 2.05) is 37.1 Å². The van der Waals surface area contributed by atoms with Crippen LogP contribution in [0.5, 0.6) is 0 Å². The van der Waals surface area contributed by atoms with Crippen molar-refractivity contribution in [3.05, 3.63) is 84.7 Å². The molecule has 8 rings (SSSR count). The quantitative estimate of drug-likeness (QED) is 0.119. The van der Waals surface area contributed by atoms with Gasteiger partial charge in [-0.15, -0.1) is 0 Å². The summed E-state index contributed by atoms with van der Waals surface area (Å²) in [6.07, 6.45) is 7.91. The molecule has 1 saturated carbocycles. The lowest BCUT2D eigenvalue weighted by molar-refractivity contribution is -0.135. The molecule has 5 aromatic rings. The number of hydrogen-bond acceptors (Lipinski definition) is 9. The second-order valence-corrected chi connectivity index (χ2v) is 19.4. The first-order valence-corrected chi connectivity index (χ1v) is 22.6. The minimum atomic E-state index is -3.17. The number of benzene rings is 3. The van der Waals surface area contributed by atoms with Gasteiger partial charge in [-0.2, -0.15) is 5.26 Å². The van der Waals surface area contributed by atoms with Gasteiger partial charge >= 0.3 is 6.09 Å². The fourth-order valence-corrected chi connectivity index (χ4v) is 9.45. The number of nitriles is 1. The van der Waals surface area contributed by atoms with Gasteiger partial charge in [0, 0.05) is 31.3 Å². The number of methoxy groups -OCH3 is 1. The van der Waals surface area contributed by atoms with Crippen molar-refractivity contribution in [2.24, 2.45) is 17.3 Å². The average molecular weight is 831 g/mol. The fourth-order valence-electron chi connectivity index (χ4n) is 8.78. The number of aromatic nitrogens is 4. The minimum Gasteiger partial charge on any atom is -0.453 e. The Morgan fingerprint density at radius 3 is 2.12 bits per heavy atom. The van der Waals surface area contributed by atoms with Crippen LogP contribution in [-0.4, -0.2) is 94.3 Å². The number of rotatable bonds is 12. The lowest BCUT2D eigenvalue weighted by Crippen LogP contribution is -2.51. The molecular weight excluding hydrogens is 781 g/mol. The number of nitrogens with zero attached hydrogens (tertiary/aromatic N) is 5. The molecular formula is C45H50N8O6S. The molecule has 3 N–H and O–H groups in total. The van der Waals surface area contributed by atoms with E-state index in [1.165, 1.54) is 7.11 Å². The maximum Gasteiger partial charge on any atom is 0.407 e. The van der Waals surface area contributed by atoms with Crippen molar-refractivity contribution in [3.8, 4) is 39.7 Å². The van der Waals surface area contributed by atoms with Gasteiger partial charge in [-0.25, -0.2) is 23.2 Å². The SMILES string of the molecule is COC(=O)N[C@H](C(=O)N1CC2(CC2)C[C@H]1c1ncc(-c2ccc3cc(-c4ccc(-c5cnc([C@@H]6C[C@H](C#N)CN6C(=O)CCCS(C)(=O)=O)[nH]5)cc4)ccc3c2)[nH]1)C(C)C. The number of amides is 3. The highest BCUT2D eigenvalue weighted by molar-refractivity contribution is 7.90. The zero-order chi connectivity index (χ0) is 42.3. The van der Waals surface area contributed by atoms with Gasteiger partial charge in [0.25, 0.3) is 0 Å². The first kappa shape index (κ1) is 40.8. The number of H-pyrrole nitrogens is 2. The third-order valence-electron chi connectivity index (χ3n) is 12.4. The number of carbonyl (C=O) groups excluding carboxylic acids is 3. The van der Waals surface area contributed by atoms with Gasteiger partial charge in [0.05, 0.1) is 60.7 Å². The van der Waals surface area contributed by atoms with Crippen LogP contribution in [0.25, 0.3) is 44.4 Å². The first-order valence-electron chi connectivity index (χ1n) is 20.5. The highest BCUT2D eigenvalue weighted by Gasteiger charge is 2.55. The summed E-state index contributed by atoms with van der Waals surface area (Å²) < 4.78 is 28.0. The normalized spacial score (nSPS) is 20.1. The third kappa shape index (κ3) is 8.52. The van der Waals surface area contributed by atoms with Gasteiger partial charge in [-0.1, -0.05) is 62.4 Å². The second kappa shape index (κ2) is 16.2. The maximum absolute atomic E-state index is 13.9. The maximum atomic E-state index is 13.9. The molecule has 60 heavy (non-hydrogen) atoms. The van der Waals surface area contributed by atoms with E-state index < -0.39 is 22.0 Å². The van der Waals surface area contributed by atoms with Crippen molar-refractivity contribution in [2.75, 3.05) is 32.2 Å². The number of hydrogen-bond donors (Lipinski definition) is 3. The standard InChI is InChI=1S/C45H50N8O6S/c1-27(2)40(51-44(56)59-3)43(55)53-26-45(15-16-45)21-38(53)42-48-24-36(50-42)34-14-13-32-19-31(11-12-33(32)20-34)29-7-9-30(10-8-29)35-23-47-41(49-35)37-18-28(22-46)25-52(37)39(54)6-5-17-60(4,57)58/h7-14,19-20,23-24,27-28,37-38,40H,5-6,15-18,21,25-26H2,1-4H3,(H,47,49)(H,48,50)(H,51,56)/t28-,37+,38+,40+/m1/s1. The number of sulfone groups is 1. The van der Waals surface area contributed by atoms with Gasteiger partial charge < -0.3 is 29.8 Å². The predicted molar refractivity (Wildman–Crippen MR) is 227 cm³/mol. The van der Waals surface area contributed by atoms with Crippen LogP contribution < -0.4 is 5.32 Å². The number of likely N-dealkylation sites (tertiary alicyclic amines) is 2. The molecule has 3 aliphatic rings. The Balaban J connectivity index is 0.950. The Kier molecular flexibility index (Phi) is 11.0. The number of nitrogens with one attached hydrogen (secondary N) is 3. The summed E-state index contributed by atoms with van der Waals surface area (Å²) in [7, 11) is -1.87. The molecule has 312 valence electrons. The highest BCUT2D eigenvalue weighted by atomic mass is 32.2. The van der Waals surface area contributed by atoms with Crippen LogP contribution in [0.3, 0.4) is 0 Å². The van der Waals surface area contributed by atoms with Crippen molar-refractivity contribution in [1.82, 2.24) is 35.1 Å². The monoisotopic (exact) mass is 830 g/mol. The Morgan fingerprint density at radius 2 is 1.50 bits per heavy atom. The first-order chi connectivity index (χ1) is 28.7. The molecule has 3 fully saturated rings. The molecule has 2 saturated heterocycles. The van der Waals surface area contributed by atoms with E-state index in [0.717, 1.165) is 75.8 Å². The van der Waals surface area contributed by atoms with Crippen LogP contribution in [0.2, 0.25) is 0 Å². The Bertz CT molecular complexity index is 2590. The molecule has 2 aliphatic heterocycles. The summed E-state index contributed by atoms with van der Waals surface area (Å²) in [6, 6.07) is 21.9. The average Bonchev–Trinajstić information content (AvgIpc) is 3.73. The van der Waals surface area contributed by atoms with Crippen molar-refractivity contribution in [3.63, 3.8) is 0 Å². The Labute approximate surface area is 349 Å². The number of alkyl carbamates (subject to hydrolysis) is 1. The second-order valence-electron chi connectivity index (χ2n) is 17.1. The van der Waals surface area contributed by atoms with E-state index in [9.17, 15) is 28.1 Å². The number of imidazole rings is 2. The molecule has 1 aliphatic carbocycles. The van der Waals surface area contributed by atoms with Crippen molar-refractivity contribution >= 4 is 38.5 Å². The fraction of sp³-hybridized carbons (Fsp3) is 0.422. The lowest BCUT2D eigenvalue weighted by atomic mass is 9.98. The van der Waals surface area contributed by atoms with Crippen LogP contribution in [0.15, 0.2) is 73.1 Å². The van der Waals surface area contributed by atoms with Crippen molar-refractivity contribution < 1.29 is 27.5 Å². The number of carbonyl (C=O) groups is 3. The summed E-state index contributed by atoms with van der Waals surface area (Å²) >= 11 is 0. The van der Waals surface area contributed by atoms with Crippen LogP contribution in [-0.2, 0) is 24.2 Å². The molecule has 14 nitrogen and oxygen atoms in total. The van der Waals surface area contributed by atoms with Gasteiger partial charge in [0.2, 0.25) is 11.8 Å². The largest absolute Gasteiger partial charge is 0.453 e. The van der Waals surface area contributed by atoms with Crippen LogP contribution in [0.4, 0.5) is 4.79 Å². The molecule has 0 unspecified atom stereocenters. The minimum absolute atomic E-state index is 0.0555. The number of fused-ring (bicyclic) bond motifs is 1. The number of aromatic amines is 2. The van der Waals surface area contributed by atoms with Gasteiger partial charge in [0.1, 0.15) is 27.5 Å². The highest BCUT2D eigenvalue weighted by Crippen LogP contribution is 2.58. The molecule has 15 heteroatoms. The zero-order valence-electron chi connectivity index (χ0n) is 34.3. The predicted octanol–water partition coefficient (Wildman–Crippen LogP) is 6.96. The van der Waals surface area contributed by atoms with E-state index in [1.54, 1.807) is 11.1 Å². The third-order valence-corrected chi connectivity index (χ3v) is 13.4. The van der Waals surface area contributed by atoms with Crippen molar-refractivity contribution in [2.45, 2.75) is 70.5 Å². The molecule has 0 radical (unpaired) electrons. The molecule has 3 aromatic carbocycles. The summed E-state index contributed by atoms with van der Waals surface area (Å²) in [5, 5.41) is 14.5. The van der Waals surface area contributed by atoms with Gasteiger partial charge in [-0.3, -0.25) is 9.59 Å². The van der Waals surface area contributed by atoms with E-state index in [-0.39, 0.29) is 59.7 Å². The topological polar surface area (TPSA) is 194 Å². The summed E-state index contributed by atoms with van der Waals surface area (Å²) in [5.74, 6) is 0.569. The summed E-state index contributed by atoms with van der Waals surface area (Å²) in [5.41, 5.74) is 5.80. The van der Waals surface area contributed by atoms with Gasteiger partial charge in [0.15, 0.2) is 0 Å². The Morgan fingerprint density at radius 1 is 0.900 bits per heavy atom. The molecule has 1 spiro atoms. The van der Waals surface area contributed by atoms with E-state index in [4.69, 9.17) is 9.72 Å². The molecule has 4 atom stereocenters. The van der Waals surface area contributed by atoms with Crippen molar-refractivity contribution in [1.29, 1.82) is 5.26 Å². The van der Waals surface area contributed by atoms with E-state index in [2.05, 4.69) is 74.9 Å². The smallest absolute Gasteiger partial charge is 0.407 e. The van der Waals surface area contributed by atoms with Crippen LogP contribution >= 0.6 is 0 Å². The molecule has 0 bridgehead atoms. The van der Waals surface area contributed by atoms with Gasteiger partial charge in [-0.05, 0) is 83.0 Å².